The number of halogens is 1. The fraction of sp³-hybridized carbons (Fsp3) is 0.632. The van der Waals surface area contributed by atoms with Crippen LogP contribution in [0, 0.1) is 0 Å². The average Bonchev–Trinajstić information content (AvgIpc) is 2.55. The van der Waals surface area contributed by atoms with E-state index in [9.17, 15) is 4.79 Å². The molecule has 1 aliphatic heterocycles. The van der Waals surface area contributed by atoms with Crippen molar-refractivity contribution in [3.63, 3.8) is 0 Å². The number of rotatable bonds is 7. The first-order valence-electron chi connectivity index (χ1n) is 9.02. The lowest BCUT2D eigenvalue weighted by atomic mass is 10.0. The maximum Gasteiger partial charge on any atom is 0.253 e. The van der Waals surface area contributed by atoms with Crippen LogP contribution in [0.5, 0.6) is 11.5 Å². The molecule has 5 nitrogen and oxygen atoms in total. The van der Waals surface area contributed by atoms with Gasteiger partial charge in [0.2, 0.25) is 0 Å². The van der Waals surface area contributed by atoms with Crippen LogP contribution >= 0.6 is 11.6 Å². The Labute approximate surface area is 155 Å². The molecule has 140 valence electrons. The number of carbonyl (C=O) groups is 1. The Hall–Kier alpha value is -1.46. The minimum absolute atomic E-state index is 0.00330. The van der Waals surface area contributed by atoms with Gasteiger partial charge in [-0.1, -0.05) is 18.5 Å². The van der Waals surface area contributed by atoms with Gasteiger partial charge in [-0.05, 0) is 52.3 Å². The van der Waals surface area contributed by atoms with Crippen molar-refractivity contribution < 1.29 is 14.3 Å². The molecule has 0 saturated carbocycles. The third kappa shape index (κ3) is 5.51. The van der Waals surface area contributed by atoms with E-state index in [2.05, 4.69) is 17.1 Å². The predicted octanol–water partition coefficient (Wildman–Crippen LogP) is 3.74. The van der Waals surface area contributed by atoms with Crippen molar-refractivity contribution in [2.45, 2.75) is 52.2 Å². The molecule has 1 N–H and O–H groups in total. The van der Waals surface area contributed by atoms with Gasteiger partial charge in [-0.15, -0.1) is 0 Å². The molecule has 1 aliphatic rings. The first-order valence-corrected chi connectivity index (χ1v) is 9.39. The van der Waals surface area contributed by atoms with Crippen molar-refractivity contribution in [3.8, 4) is 11.5 Å². The van der Waals surface area contributed by atoms with Crippen LogP contribution < -0.4 is 14.8 Å². The monoisotopic (exact) mass is 368 g/mol. The van der Waals surface area contributed by atoms with E-state index in [1.54, 1.807) is 19.2 Å². The Morgan fingerprint density at radius 1 is 1.40 bits per heavy atom. The van der Waals surface area contributed by atoms with Crippen LogP contribution in [0.4, 0.5) is 0 Å². The van der Waals surface area contributed by atoms with Crippen molar-refractivity contribution in [2.75, 3.05) is 26.7 Å². The molecule has 1 aromatic rings. The normalized spacial score (nSPS) is 18.2. The van der Waals surface area contributed by atoms with Crippen molar-refractivity contribution in [2.24, 2.45) is 0 Å². The van der Waals surface area contributed by atoms with Crippen LogP contribution in [0.3, 0.4) is 0 Å². The van der Waals surface area contributed by atoms with Gasteiger partial charge in [-0.25, -0.2) is 0 Å². The van der Waals surface area contributed by atoms with Crippen LogP contribution in [0.25, 0.3) is 0 Å². The highest BCUT2D eigenvalue weighted by atomic mass is 35.5. The summed E-state index contributed by atoms with van der Waals surface area (Å²) in [7, 11) is 1.56. The molecule has 6 heteroatoms. The molecule has 0 aromatic heterocycles. The van der Waals surface area contributed by atoms with Crippen LogP contribution in [-0.4, -0.2) is 49.7 Å². The molecule has 0 aliphatic carbocycles. The molecule has 1 amide bonds. The van der Waals surface area contributed by atoms with Gasteiger partial charge in [-0.2, -0.15) is 0 Å². The number of ether oxygens (including phenoxy) is 2. The largest absolute Gasteiger partial charge is 0.493 e. The zero-order chi connectivity index (χ0) is 18.4. The molecule has 0 bridgehead atoms. The summed E-state index contributed by atoms with van der Waals surface area (Å²) in [6.45, 7) is 9.11. The Bertz CT molecular complexity index is 590. The summed E-state index contributed by atoms with van der Waals surface area (Å²) in [6, 6.07) is 3.46. The highest BCUT2D eigenvalue weighted by molar-refractivity contribution is 6.34. The number of benzene rings is 1. The SMILES string of the molecule is CCCN1CCCC(NC(=O)c2cc(OC)c(OC(C)C)cc2Cl)C1. The van der Waals surface area contributed by atoms with E-state index in [-0.39, 0.29) is 18.1 Å². The van der Waals surface area contributed by atoms with Gasteiger partial charge in [0.1, 0.15) is 0 Å². The molecule has 25 heavy (non-hydrogen) atoms. The quantitative estimate of drug-likeness (QED) is 0.796. The van der Waals surface area contributed by atoms with E-state index in [1.807, 2.05) is 13.8 Å². The number of methoxy groups -OCH3 is 1. The Balaban J connectivity index is 2.10. The van der Waals surface area contributed by atoms with Gasteiger partial charge in [0.15, 0.2) is 11.5 Å². The summed E-state index contributed by atoms with van der Waals surface area (Å²) in [5.41, 5.74) is 0.419. The van der Waals surface area contributed by atoms with E-state index in [4.69, 9.17) is 21.1 Å². The van der Waals surface area contributed by atoms with Gasteiger partial charge < -0.3 is 19.7 Å². The first-order chi connectivity index (χ1) is 11.9. The molecule has 1 saturated heterocycles. The second-order valence-electron chi connectivity index (χ2n) is 6.76. The Kier molecular flexibility index (Phi) is 7.38. The fourth-order valence-electron chi connectivity index (χ4n) is 3.17. The molecule has 1 aromatic carbocycles. The molecule has 1 fully saturated rings. The van der Waals surface area contributed by atoms with Crippen molar-refractivity contribution in [1.29, 1.82) is 0 Å². The first kappa shape index (κ1) is 19.9. The van der Waals surface area contributed by atoms with Crippen LogP contribution in [-0.2, 0) is 0 Å². The molecular weight excluding hydrogens is 340 g/mol. The lowest BCUT2D eigenvalue weighted by molar-refractivity contribution is 0.0903. The molecule has 1 heterocycles. The van der Waals surface area contributed by atoms with Crippen LogP contribution in [0.1, 0.15) is 50.4 Å². The van der Waals surface area contributed by atoms with Crippen molar-refractivity contribution in [3.05, 3.63) is 22.7 Å². The van der Waals surface area contributed by atoms with E-state index in [0.717, 1.165) is 38.9 Å². The number of likely N-dealkylation sites (tertiary alicyclic amines) is 1. The topological polar surface area (TPSA) is 50.8 Å². The summed E-state index contributed by atoms with van der Waals surface area (Å²) in [5.74, 6) is 0.896. The second-order valence-corrected chi connectivity index (χ2v) is 7.17. The van der Waals surface area contributed by atoms with Gasteiger partial charge >= 0.3 is 0 Å². The number of piperidine rings is 1. The van der Waals surface area contributed by atoms with E-state index in [1.165, 1.54) is 0 Å². The minimum atomic E-state index is -0.164. The highest BCUT2D eigenvalue weighted by Crippen LogP contribution is 2.34. The molecule has 1 atom stereocenters. The Morgan fingerprint density at radius 3 is 2.80 bits per heavy atom. The maximum atomic E-state index is 12.7. The van der Waals surface area contributed by atoms with Crippen LogP contribution in [0.2, 0.25) is 5.02 Å². The molecule has 2 rings (SSSR count). The van der Waals surface area contributed by atoms with E-state index >= 15 is 0 Å². The minimum Gasteiger partial charge on any atom is -0.493 e. The van der Waals surface area contributed by atoms with Crippen molar-refractivity contribution >= 4 is 17.5 Å². The van der Waals surface area contributed by atoms with Gasteiger partial charge in [0.05, 0.1) is 23.8 Å². The lowest BCUT2D eigenvalue weighted by Crippen LogP contribution is -2.47. The number of hydrogen-bond donors (Lipinski definition) is 1. The summed E-state index contributed by atoms with van der Waals surface area (Å²) >= 11 is 6.33. The highest BCUT2D eigenvalue weighted by Gasteiger charge is 2.23. The predicted molar refractivity (Wildman–Crippen MR) is 101 cm³/mol. The number of nitrogens with one attached hydrogen (secondary N) is 1. The summed E-state index contributed by atoms with van der Waals surface area (Å²) in [6.07, 6.45) is 3.22. The Morgan fingerprint density at radius 2 is 2.16 bits per heavy atom. The van der Waals surface area contributed by atoms with E-state index < -0.39 is 0 Å². The second kappa shape index (κ2) is 9.30. The molecular formula is C19H29ClN2O3. The van der Waals surface area contributed by atoms with Crippen LogP contribution in [0.15, 0.2) is 12.1 Å². The summed E-state index contributed by atoms with van der Waals surface area (Å²) < 4.78 is 11.1. The number of carbonyl (C=O) groups excluding carboxylic acids is 1. The smallest absolute Gasteiger partial charge is 0.253 e. The number of hydrogen-bond acceptors (Lipinski definition) is 4. The zero-order valence-corrected chi connectivity index (χ0v) is 16.4. The molecule has 1 unspecified atom stereocenters. The lowest BCUT2D eigenvalue weighted by Gasteiger charge is -2.33. The van der Waals surface area contributed by atoms with Crippen molar-refractivity contribution in [1.82, 2.24) is 10.2 Å². The summed E-state index contributed by atoms with van der Waals surface area (Å²) in [4.78, 5) is 15.1. The summed E-state index contributed by atoms with van der Waals surface area (Å²) in [5, 5.41) is 3.49. The average molecular weight is 369 g/mol. The third-order valence-corrected chi connectivity index (χ3v) is 4.55. The standard InChI is InChI=1S/C19H29ClN2O3/c1-5-8-22-9-6-7-14(12-22)21-19(23)15-10-17(24-4)18(11-16(15)20)25-13(2)3/h10-11,13-14H,5-9,12H2,1-4H3,(H,21,23). The van der Waals surface area contributed by atoms with Gasteiger partial charge in [0.25, 0.3) is 5.91 Å². The zero-order valence-electron chi connectivity index (χ0n) is 15.6. The number of nitrogens with zero attached hydrogens (tertiary/aromatic N) is 1. The molecule has 0 spiro atoms. The number of amides is 1. The fourth-order valence-corrected chi connectivity index (χ4v) is 3.41. The van der Waals surface area contributed by atoms with Gasteiger partial charge in [-0.3, -0.25) is 4.79 Å². The van der Waals surface area contributed by atoms with Gasteiger partial charge in [0, 0.05) is 18.7 Å². The maximum absolute atomic E-state index is 12.7. The van der Waals surface area contributed by atoms with E-state index in [0.29, 0.717) is 22.1 Å². The molecule has 0 radical (unpaired) electrons. The third-order valence-electron chi connectivity index (χ3n) is 4.24.